The van der Waals surface area contributed by atoms with E-state index in [-0.39, 0.29) is 13.2 Å². The van der Waals surface area contributed by atoms with Crippen molar-refractivity contribution in [3.8, 4) is 0 Å². The highest BCUT2D eigenvalue weighted by Crippen LogP contribution is 2.44. The summed E-state index contributed by atoms with van der Waals surface area (Å²) in [6.07, 6.45) is 20.1. The van der Waals surface area contributed by atoms with Gasteiger partial charge in [0.15, 0.2) is 0 Å². The zero-order valence-corrected chi connectivity index (χ0v) is 22.5. The van der Waals surface area contributed by atoms with Crippen LogP contribution in [-0.4, -0.2) is 25.2 Å². The van der Waals surface area contributed by atoms with E-state index in [4.69, 9.17) is 9.47 Å². The first-order valence-corrected chi connectivity index (χ1v) is 14.2. The second-order valence-electron chi connectivity index (χ2n) is 11.0. The molecule has 1 aromatic carbocycles. The molecule has 198 valence electrons. The molecule has 0 radical (unpaired) electrons. The molecule has 0 aliphatic heterocycles. The van der Waals surface area contributed by atoms with Gasteiger partial charge in [0, 0.05) is 11.6 Å². The lowest BCUT2D eigenvalue weighted by atomic mass is 9.68. The summed E-state index contributed by atoms with van der Waals surface area (Å²) in [5.74, 6) is 2.66. The Morgan fingerprint density at radius 3 is 2.11 bits per heavy atom. The highest BCUT2D eigenvalue weighted by molar-refractivity contribution is 5.87. The van der Waals surface area contributed by atoms with E-state index in [0.717, 1.165) is 23.3 Å². The van der Waals surface area contributed by atoms with Gasteiger partial charge in [0.05, 0.1) is 0 Å². The molecule has 2 saturated carbocycles. The van der Waals surface area contributed by atoms with Gasteiger partial charge >= 0.3 is 11.9 Å². The van der Waals surface area contributed by atoms with Gasteiger partial charge in [-0.15, -0.1) is 0 Å². The van der Waals surface area contributed by atoms with Crippen LogP contribution >= 0.6 is 0 Å². The van der Waals surface area contributed by atoms with E-state index < -0.39 is 11.9 Å². The van der Waals surface area contributed by atoms with Crippen molar-refractivity contribution in [1.29, 1.82) is 0 Å². The van der Waals surface area contributed by atoms with Gasteiger partial charge in [-0.2, -0.15) is 0 Å². The maximum atomic E-state index is 11.9. The normalized spacial score (nSPS) is 24.4. The quantitative estimate of drug-likeness (QED) is 0.168. The number of carbonyl (C=O) groups excluding carboxylic acids is 2. The number of benzene rings is 1. The van der Waals surface area contributed by atoms with Crippen molar-refractivity contribution in [2.24, 2.45) is 17.8 Å². The molecule has 0 unspecified atom stereocenters. The molecule has 36 heavy (non-hydrogen) atoms. The van der Waals surface area contributed by atoms with Crippen molar-refractivity contribution in [3.05, 3.63) is 53.6 Å². The van der Waals surface area contributed by atoms with Gasteiger partial charge in [0.1, 0.15) is 13.2 Å². The fraction of sp³-hybridized carbons (Fsp3) is 0.625. The summed E-state index contributed by atoms with van der Waals surface area (Å²) in [5.41, 5.74) is 2.73. The number of ether oxygens (including phenoxy) is 2. The van der Waals surface area contributed by atoms with Gasteiger partial charge in [-0.05, 0) is 86.3 Å². The lowest BCUT2D eigenvalue weighted by Gasteiger charge is -2.38. The van der Waals surface area contributed by atoms with Gasteiger partial charge in [-0.25, -0.2) is 9.59 Å². The SMILES string of the molecule is C=C(C)C(=O)OCCOC(=O)/C=C/c1ccc(C2CCC(C3CCC(CCCCC)CC3)CC2)cc1. The van der Waals surface area contributed by atoms with E-state index in [0.29, 0.717) is 11.5 Å². The summed E-state index contributed by atoms with van der Waals surface area (Å²) in [6, 6.07) is 8.60. The van der Waals surface area contributed by atoms with Gasteiger partial charge < -0.3 is 9.47 Å². The largest absolute Gasteiger partial charge is 0.459 e. The van der Waals surface area contributed by atoms with E-state index in [1.54, 1.807) is 13.0 Å². The van der Waals surface area contributed by atoms with Crippen LogP contribution in [-0.2, 0) is 19.1 Å². The summed E-state index contributed by atoms with van der Waals surface area (Å²) in [4.78, 5) is 23.2. The van der Waals surface area contributed by atoms with Crippen molar-refractivity contribution >= 4 is 18.0 Å². The van der Waals surface area contributed by atoms with E-state index >= 15 is 0 Å². The van der Waals surface area contributed by atoms with Crippen molar-refractivity contribution in [3.63, 3.8) is 0 Å². The Kier molecular flexibility index (Phi) is 11.8. The van der Waals surface area contributed by atoms with E-state index in [2.05, 4.69) is 37.8 Å². The van der Waals surface area contributed by atoms with Crippen molar-refractivity contribution in [2.45, 2.75) is 96.8 Å². The molecule has 0 heterocycles. The lowest BCUT2D eigenvalue weighted by molar-refractivity contribution is -0.146. The number of carbonyl (C=O) groups is 2. The minimum Gasteiger partial charge on any atom is -0.459 e. The molecule has 0 saturated heterocycles. The monoisotopic (exact) mass is 494 g/mol. The predicted octanol–water partition coefficient (Wildman–Crippen LogP) is 8.02. The minimum absolute atomic E-state index is 0.0303. The molecule has 2 aliphatic rings. The summed E-state index contributed by atoms with van der Waals surface area (Å²) in [5, 5.41) is 0. The molecule has 4 heteroatoms. The van der Waals surface area contributed by atoms with Crippen LogP contribution in [0, 0.1) is 17.8 Å². The average molecular weight is 495 g/mol. The molecule has 0 bridgehead atoms. The molecule has 0 atom stereocenters. The first-order valence-electron chi connectivity index (χ1n) is 14.2. The molecule has 4 nitrogen and oxygen atoms in total. The second-order valence-corrected chi connectivity index (χ2v) is 11.0. The van der Waals surface area contributed by atoms with Gasteiger partial charge in [-0.3, -0.25) is 0 Å². The van der Waals surface area contributed by atoms with Crippen LogP contribution in [0.2, 0.25) is 0 Å². The molecule has 2 aliphatic carbocycles. The highest BCUT2D eigenvalue weighted by Gasteiger charge is 2.31. The third-order valence-corrected chi connectivity index (χ3v) is 8.27. The maximum Gasteiger partial charge on any atom is 0.333 e. The number of rotatable bonds is 12. The molecule has 0 N–H and O–H groups in total. The van der Waals surface area contributed by atoms with Crippen molar-refractivity contribution < 1.29 is 19.1 Å². The molecule has 2 fully saturated rings. The third-order valence-electron chi connectivity index (χ3n) is 8.27. The number of hydrogen-bond acceptors (Lipinski definition) is 4. The second kappa shape index (κ2) is 15.0. The van der Waals surface area contributed by atoms with Crippen molar-refractivity contribution in [2.75, 3.05) is 13.2 Å². The standard InChI is InChI=1S/C32H46O4/c1-4-5-6-7-25-8-13-27(14-9-25)29-17-19-30(20-18-29)28-15-10-26(11-16-28)12-21-31(33)35-22-23-36-32(34)24(2)3/h10-12,15-16,21,25,27,29-30H,2,4-9,13-14,17-20,22-23H2,1,3H3/b21-12+. The maximum absolute atomic E-state index is 11.9. The summed E-state index contributed by atoms with van der Waals surface area (Å²) < 4.78 is 9.98. The molecular weight excluding hydrogens is 448 g/mol. The van der Waals surface area contributed by atoms with E-state index in [1.807, 2.05) is 0 Å². The Bertz CT molecular complexity index is 853. The Balaban J connectivity index is 1.35. The summed E-state index contributed by atoms with van der Waals surface area (Å²) in [7, 11) is 0. The van der Waals surface area contributed by atoms with Crippen LogP contribution in [0.15, 0.2) is 42.5 Å². The van der Waals surface area contributed by atoms with Crippen molar-refractivity contribution in [1.82, 2.24) is 0 Å². The molecule has 0 amide bonds. The van der Waals surface area contributed by atoms with E-state index in [9.17, 15) is 9.59 Å². The zero-order chi connectivity index (χ0) is 25.8. The third kappa shape index (κ3) is 9.26. The Hall–Kier alpha value is -2.36. The number of esters is 2. The first-order chi connectivity index (χ1) is 17.5. The zero-order valence-electron chi connectivity index (χ0n) is 22.5. The van der Waals surface area contributed by atoms with Crippen LogP contribution in [0.4, 0.5) is 0 Å². The smallest absolute Gasteiger partial charge is 0.333 e. The fourth-order valence-corrected chi connectivity index (χ4v) is 6.05. The topological polar surface area (TPSA) is 52.6 Å². The molecule has 0 aromatic heterocycles. The molecule has 3 rings (SSSR count). The Labute approximate surface area is 218 Å². The van der Waals surface area contributed by atoms with E-state index in [1.165, 1.54) is 88.7 Å². The predicted molar refractivity (Wildman–Crippen MR) is 146 cm³/mol. The molecule has 1 aromatic rings. The Morgan fingerprint density at radius 1 is 0.889 bits per heavy atom. The van der Waals surface area contributed by atoms with Gasteiger partial charge in [-0.1, -0.05) is 76.3 Å². The van der Waals surface area contributed by atoms with Gasteiger partial charge in [0.25, 0.3) is 0 Å². The lowest BCUT2D eigenvalue weighted by Crippen LogP contribution is -2.25. The van der Waals surface area contributed by atoms with Crippen LogP contribution in [0.3, 0.4) is 0 Å². The van der Waals surface area contributed by atoms with Crippen LogP contribution < -0.4 is 0 Å². The van der Waals surface area contributed by atoms with Crippen LogP contribution in [0.5, 0.6) is 0 Å². The van der Waals surface area contributed by atoms with Crippen LogP contribution in [0.25, 0.3) is 6.08 Å². The molecular formula is C32H46O4. The van der Waals surface area contributed by atoms with Gasteiger partial charge in [0.2, 0.25) is 0 Å². The summed E-state index contributed by atoms with van der Waals surface area (Å²) in [6.45, 7) is 7.45. The Morgan fingerprint density at radius 2 is 1.50 bits per heavy atom. The average Bonchev–Trinajstić information content (AvgIpc) is 2.91. The fourth-order valence-electron chi connectivity index (χ4n) is 6.05. The number of unbranched alkanes of at least 4 members (excludes halogenated alkanes) is 2. The van der Waals surface area contributed by atoms with Crippen LogP contribution in [0.1, 0.15) is 108 Å². The first kappa shape index (κ1) is 28.2. The highest BCUT2D eigenvalue weighted by atomic mass is 16.6. The summed E-state index contributed by atoms with van der Waals surface area (Å²) >= 11 is 0. The number of hydrogen-bond donors (Lipinski definition) is 0. The minimum atomic E-state index is -0.476. The molecule has 0 spiro atoms.